The summed E-state index contributed by atoms with van der Waals surface area (Å²) < 4.78 is 1.05. The van der Waals surface area contributed by atoms with Gasteiger partial charge in [-0.2, -0.15) is 0 Å². The number of benzene rings is 1. The van der Waals surface area contributed by atoms with Crippen LogP contribution in [-0.4, -0.2) is 12.6 Å². The number of nitrogens with one attached hydrogen (secondary N) is 2. The van der Waals surface area contributed by atoms with E-state index >= 15 is 0 Å². The molecule has 0 atom stereocenters. The van der Waals surface area contributed by atoms with Gasteiger partial charge in [0, 0.05) is 17.6 Å². The van der Waals surface area contributed by atoms with Crippen molar-refractivity contribution in [3.05, 3.63) is 34.3 Å². The second kappa shape index (κ2) is 7.53. The molecule has 0 bridgehead atoms. The lowest BCUT2D eigenvalue weighted by molar-refractivity contribution is 0.236. The van der Waals surface area contributed by atoms with Gasteiger partial charge in [-0.25, -0.2) is 4.79 Å². The molecule has 1 fully saturated rings. The summed E-state index contributed by atoms with van der Waals surface area (Å²) in [5.41, 5.74) is 1.11. The van der Waals surface area contributed by atoms with E-state index in [2.05, 4.69) is 26.6 Å². The maximum atomic E-state index is 11.7. The molecule has 0 aromatic heterocycles. The van der Waals surface area contributed by atoms with Crippen LogP contribution < -0.4 is 10.6 Å². The SMILES string of the molecule is O=C(NCc1ccc(Br)cc1)NCC1CCCCC1. The number of carbonyl (C=O) groups is 1. The van der Waals surface area contributed by atoms with Crippen LogP contribution >= 0.6 is 15.9 Å². The quantitative estimate of drug-likeness (QED) is 0.868. The van der Waals surface area contributed by atoms with Crippen LogP contribution in [0.25, 0.3) is 0 Å². The highest BCUT2D eigenvalue weighted by Crippen LogP contribution is 2.22. The summed E-state index contributed by atoms with van der Waals surface area (Å²) >= 11 is 3.39. The van der Waals surface area contributed by atoms with Crippen LogP contribution in [0.3, 0.4) is 0 Å². The summed E-state index contributed by atoms with van der Waals surface area (Å²) in [5, 5.41) is 5.87. The van der Waals surface area contributed by atoms with Crippen molar-refractivity contribution >= 4 is 22.0 Å². The molecule has 0 saturated heterocycles. The summed E-state index contributed by atoms with van der Waals surface area (Å²) in [4.78, 5) is 11.7. The molecule has 0 aliphatic heterocycles. The monoisotopic (exact) mass is 324 g/mol. The molecule has 0 radical (unpaired) electrons. The van der Waals surface area contributed by atoms with E-state index in [-0.39, 0.29) is 6.03 Å². The fourth-order valence-corrected chi connectivity index (χ4v) is 2.74. The van der Waals surface area contributed by atoms with E-state index in [0.29, 0.717) is 12.5 Å². The Hall–Kier alpha value is -1.03. The third kappa shape index (κ3) is 5.23. The Morgan fingerprint density at radius 1 is 1.11 bits per heavy atom. The van der Waals surface area contributed by atoms with E-state index in [9.17, 15) is 4.79 Å². The zero-order valence-corrected chi connectivity index (χ0v) is 12.7. The van der Waals surface area contributed by atoms with Crippen LogP contribution in [0.2, 0.25) is 0 Å². The van der Waals surface area contributed by atoms with Crippen molar-refractivity contribution in [3.63, 3.8) is 0 Å². The number of hydrogen-bond acceptors (Lipinski definition) is 1. The molecule has 2 amide bonds. The maximum absolute atomic E-state index is 11.7. The van der Waals surface area contributed by atoms with E-state index in [4.69, 9.17) is 0 Å². The molecule has 2 N–H and O–H groups in total. The number of carbonyl (C=O) groups excluding carboxylic acids is 1. The van der Waals surface area contributed by atoms with Crippen molar-refractivity contribution in [1.82, 2.24) is 10.6 Å². The lowest BCUT2D eigenvalue weighted by Gasteiger charge is -2.21. The molecule has 1 saturated carbocycles. The molecule has 2 rings (SSSR count). The average Bonchev–Trinajstić information content (AvgIpc) is 2.45. The van der Waals surface area contributed by atoms with Gasteiger partial charge in [0.2, 0.25) is 0 Å². The minimum atomic E-state index is -0.0616. The fraction of sp³-hybridized carbons (Fsp3) is 0.533. The van der Waals surface area contributed by atoms with Crippen LogP contribution in [-0.2, 0) is 6.54 Å². The van der Waals surface area contributed by atoms with E-state index in [1.165, 1.54) is 32.1 Å². The van der Waals surface area contributed by atoms with Gasteiger partial charge in [-0.3, -0.25) is 0 Å². The molecule has 4 heteroatoms. The van der Waals surface area contributed by atoms with Crippen LogP contribution in [0.4, 0.5) is 4.79 Å². The Bertz CT molecular complexity index is 399. The van der Waals surface area contributed by atoms with E-state index < -0.39 is 0 Å². The molecule has 1 aromatic rings. The van der Waals surface area contributed by atoms with Gasteiger partial charge in [-0.05, 0) is 36.5 Å². The van der Waals surface area contributed by atoms with Gasteiger partial charge in [-0.1, -0.05) is 47.3 Å². The van der Waals surface area contributed by atoms with Gasteiger partial charge in [-0.15, -0.1) is 0 Å². The van der Waals surface area contributed by atoms with Gasteiger partial charge in [0.25, 0.3) is 0 Å². The van der Waals surface area contributed by atoms with Crippen LogP contribution in [0, 0.1) is 5.92 Å². The minimum Gasteiger partial charge on any atom is -0.338 e. The number of rotatable bonds is 4. The molecular formula is C15H21BrN2O. The Morgan fingerprint density at radius 3 is 2.47 bits per heavy atom. The fourth-order valence-electron chi connectivity index (χ4n) is 2.48. The Morgan fingerprint density at radius 2 is 1.79 bits per heavy atom. The van der Waals surface area contributed by atoms with Crippen molar-refractivity contribution in [1.29, 1.82) is 0 Å². The predicted molar refractivity (Wildman–Crippen MR) is 81.0 cm³/mol. The van der Waals surface area contributed by atoms with Crippen LogP contribution in [0.5, 0.6) is 0 Å². The Balaban J connectivity index is 1.65. The highest BCUT2D eigenvalue weighted by atomic mass is 79.9. The van der Waals surface area contributed by atoms with Crippen molar-refractivity contribution in [2.24, 2.45) is 5.92 Å². The lowest BCUT2D eigenvalue weighted by atomic mass is 9.89. The first-order valence-corrected chi connectivity index (χ1v) is 7.79. The van der Waals surface area contributed by atoms with Gasteiger partial charge in [0.05, 0.1) is 0 Å². The molecule has 0 heterocycles. The minimum absolute atomic E-state index is 0.0616. The van der Waals surface area contributed by atoms with Gasteiger partial charge >= 0.3 is 6.03 Å². The van der Waals surface area contributed by atoms with E-state index in [1.807, 2.05) is 24.3 Å². The van der Waals surface area contributed by atoms with Gasteiger partial charge in [0.15, 0.2) is 0 Å². The van der Waals surface area contributed by atoms with Crippen molar-refractivity contribution in [2.45, 2.75) is 38.6 Å². The molecule has 19 heavy (non-hydrogen) atoms. The normalized spacial score (nSPS) is 16.1. The molecule has 0 spiro atoms. The third-order valence-electron chi connectivity index (χ3n) is 3.64. The van der Waals surface area contributed by atoms with Crippen molar-refractivity contribution in [3.8, 4) is 0 Å². The summed E-state index contributed by atoms with van der Waals surface area (Å²) in [6.07, 6.45) is 6.49. The van der Waals surface area contributed by atoms with Crippen molar-refractivity contribution in [2.75, 3.05) is 6.54 Å². The average molecular weight is 325 g/mol. The first-order chi connectivity index (χ1) is 9.24. The number of amides is 2. The summed E-state index contributed by atoms with van der Waals surface area (Å²) in [6.45, 7) is 1.38. The molecule has 0 unspecified atom stereocenters. The third-order valence-corrected chi connectivity index (χ3v) is 4.17. The van der Waals surface area contributed by atoms with Crippen molar-refractivity contribution < 1.29 is 4.79 Å². The molecule has 104 valence electrons. The molecule has 1 aliphatic carbocycles. The topological polar surface area (TPSA) is 41.1 Å². The molecule has 3 nitrogen and oxygen atoms in total. The summed E-state index contributed by atoms with van der Waals surface area (Å²) in [5.74, 6) is 0.673. The Labute approximate surface area is 123 Å². The van der Waals surface area contributed by atoms with E-state index in [0.717, 1.165) is 16.6 Å². The largest absolute Gasteiger partial charge is 0.338 e. The lowest BCUT2D eigenvalue weighted by Crippen LogP contribution is -2.38. The smallest absolute Gasteiger partial charge is 0.315 e. The Kier molecular flexibility index (Phi) is 5.70. The number of halogens is 1. The second-order valence-electron chi connectivity index (χ2n) is 5.19. The number of hydrogen-bond donors (Lipinski definition) is 2. The molecular weight excluding hydrogens is 304 g/mol. The molecule has 1 aromatic carbocycles. The van der Waals surface area contributed by atoms with Gasteiger partial charge in [0.1, 0.15) is 0 Å². The zero-order chi connectivity index (χ0) is 13.5. The zero-order valence-electron chi connectivity index (χ0n) is 11.1. The highest BCUT2D eigenvalue weighted by Gasteiger charge is 2.13. The summed E-state index contributed by atoms with van der Waals surface area (Å²) in [7, 11) is 0. The first-order valence-electron chi connectivity index (χ1n) is 7.00. The standard InChI is InChI=1S/C15H21BrN2O/c16-14-8-6-13(7-9-14)11-18-15(19)17-10-12-4-2-1-3-5-12/h6-9,12H,1-5,10-11H2,(H2,17,18,19). The van der Waals surface area contributed by atoms with Gasteiger partial charge < -0.3 is 10.6 Å². The number of urea groups is 1. The summed E-state index contributed by atoms with van der Waals surface area (Å²) in [6, 6.07) is 7.92. The predicted octanol–water partition coefficient (Wildman–Crippen LogP) is 3.83. The maximum Gasteiger partial charge on any atom is 0.315 e. The second-order valence-corrected chi connectivity index (χ2v) is 6.11. The highest BCUT2D eigenvalue weighted by molar-refractivity contribution is 9.10. The molecule has 1 aliphatic rings. The van der Waals surface area contributed by atoms with E-state index in [1.54, 1.807) is 0 Å². The van der Waals surface area contributed by atoms with Crippen LogP contribution in [0.15, 0.2) is 28.7 Å². The first kappa shape index (κ1) is 14.4. The van der Waals surface area contributed by atoms with Crippen LogP contribution in [0.1, 0.15) is 37.7 Å².